The largest absolute Gasteiger partial charge is 0.374 e. The minimum atomic E-state index is 1.04. The van der Waals surface area contributed by atoms with Gasteiger partial charge in [-0.2, -0.15) is 0 Å². The van der Waals surface area contributed by atoms with Gasteiger partial charge in [-0.25, -0.2) is 0 Å². The van der Waals surface area contributed by atoms with E-state index < -0.39 is 0 Å². The zero-order valence-electron chi connectivity index (χ0n) is 8.97. The SMILES string of the molecule is C1CN=C(NCCCN2CCCC2)C1. The van der Waals surface area contributed by atoms with Crippen LogP contribution in [0.15, 0.2) is 4.99 Å². The molecule has 0 aromatic carbocycles. The monoisotopic (exact) mass is 195 g/mol. The number of hydrogen-bond donors (Lipinski definition) is 1. The van der Waals surface area contributed by atoms with Gasteiger partial charge in [-0.15, -0.1) is 0 Å². The van der Waals surface area contributed by atoms with Crippen molar-refractivity contribution in [3.63, 3.8) is 0 Å². The number of rotatable bonds is 4. The molecule has 1 fully saturated rings. The van der Waals surface area contributed by atoms with E-state index in [0.29, 0.717) is 0 Å². The fraction of sp³-hybridized carbons (Fsp3) is 0.909. The Morgan fingerprint density at radius 2 is 2.07 bits per heavy atom. The van der Waals surface area contributed by atoms with E-state index in [1.54, 1.807) is 0 Å². The van der Waals surface area contributed by atoms with Gasteiger partial charge in [0.15, 0.2) is 0 Å². The molecule has 2 aliphatic rings. The highest BCUT2D eigenvalue weighted by molar-refractivity contribution is 5.83. The number of nitrogens with zero attached hydrogens (tertiary/aromatic N) is 2. The van der Waals surface area contributed by atoms with Gasteiger partial charge in [0, 0.05) is 19.5 Å². The first-order chi connectivity index (χ1) is 6.95. The van der Waals surface area contributed by atoms with Crippen LogP contribution in [0.25, 0.3) is 0 Å². The van der Waals surface area contributed by atoms with Gasteiger partial charge in [0.05, 0.1) is 5.84 Å². The van der Waals surface area contributed by atoms with Crippen molar-refractivity contribution in [2.45, 2.75) is 32.1 Å². The fourth-order valence-electron chi connectivity index (χ4n) is 2.23. The van der Waals surface area contributed by atoms with Gasteiger partial charge in [-0.1, -0.05) is 0 Å². The van der Waals surface area contributed by atoms with Crippen molar-refractivity contribution in [3.05, 3.63) is 0 Å². The molecule has 1 saturated heterocycles. The van der Waals surface area contributed by atoms with Gasteiger partial charge in [-0.3, -0.25) is 4.99 Å². The van der Waals surface area contributed by atoms with E-state index >= 15 is 0 Å². The molecule has 3 nitrogen and oxygen atoms in total. The van der Waals surface area contributed by atoms with Gasteiger partial charge in [-0.05, 0) is 45.3 Å². The molecule has 0 amide bonds. The first kappa shape index (κ1) is 9.97. The third-order valence-corrected chi connectivity index (χ3v) is 3.05. The Bertz CT molecular complexity index is 195. The molecule has 0 saturated carbocycles. The Balaban J connectivity index is 1.50. The molecule has 0 aromatic heterocycles. The molecule has 0 bridgehead atoms. The van der Waals surface area contributed by atoms with E-state index in [9.17, 15) is 0 Å². The lowest BCUT2D eigenvalue weighted by molar-refractivity contribution is 0.334. The van der Waals surface area contributed by atoms with Crippen molar-refractivity contribution >= 4 is 5.84 Å². The fourth-order valence-corrected chi connectivity index (χ4v) is 2.23. The maximum Gasteiger partial charge on any atom is 0.0963 e. The predicted molar refractivity (Wildman–Crippen MR) is 59.8 cm³/mol. The molecule has 2 aliphatic heterocycles. The van der Waals surface area contributed by atoms with E-state index in [4.69, 9.17) is 0 Å². The van der Waals surface area contributed by atoms with Crippen molar-refractivity contribution < 1.29 is 0 Å². The van der Waals surface area contributed by atoms with E-state index in [0.717, 1.165) is 13.1 Å². The Morgan fingerprint density at radius 1 is 1.21 bits per heavy atom. The summed E-state index contributed by atoms with van der Waals surface area (Å²) in [6.07, 6.45) is 6.48. The second kappa shape index (κ2) is 5.35. The maximum absolute atomic E-state index is 4.40. The van der Waals surface area contributed by atoms with Crippen LogP contribution >= 0.6 is 0 Å². The second-order valence-electron chi connectivity index (χ2n) is 4.26. The van der Waals surface area contributed by atoms with Crippen molar-refractivity contribution in [1.29, 1.82) is 0 Å². The van der Waals surface area contributed by atoms with E-state index in [1.807, 2.05) is 0 Å². The number of aliphatic imine (C=N–C) groups is 1. The summed E-state index contributed by atoms with van der Waals surface area (Å²) >= 11 is 0. The molecule has 1 N–H and O–H groups in total. The van der Waals surface area contributed by atoms with Gasteiger partial charge < -0.3 is 10.2 Å². The predicted octanol–water partition coefficient (Wildman–Crippen LogP) is 1.25. The molecule has 0 atom stereocenters. The Kier molecular flexibility index (Phi) is 3.80. The lowest BCUT2D eigenvalue weighted by atomic mass is 10.3. The smallest absolute Gasteiger partial charge is 0.0963 e. The maximum atomic E-state index is 4.40. The third kappa shape index (κ3) is 2.98. The van der Waals surface area contributed by atoms with Gasteiger partial charge in [0.1, 0.15) is 0 Å². The van der Waals surface area contributed by atoms with Crippen molar-refractivity contribution in [3.8, 4) is 0 Å². The highest BCUT2D eigenvalue weighted by atomic mass is 15.1. The molecule has 80 valence electrons. The van der Waals surface area contributed by atoms with E-state index in [1.165, 1.54) is 57.6 Å². The van der Waals surface area contributed by atoms with Crippen LogP contribution in [-0.2, 0) is 0 Å². The standard InChI is InChI=1S/C11H21N3/c1-2-9-14(8-1)10-4-7-13-11-5-3-6-12-11/h1-10H2,(H,12,13). The topological polar surface area (TPSA) is 27.6 Å². The highest BCUT2D eigenvalue weighted by Gasteiger charge is 2.10. The van der Waals surface area contributed by atoms with Gasteiger partial charge in [0.2, 0.25) is 0 Å². The van der Waals surface area contributed by atoms with Crippen molar-refractivity contribution in [2.75, 3.05) is 32.7 Å². The van der Waals surface area contributed by atoms with Crippen LogP contribution in [0.4, 0.5) is 0 Å². The quantitative estimate of drug-likeness (QED) is 0.684. The summed E-state index contributed by atoms with van der Waals surface area (Å²) < 4.78 is 0. The Morgan fingerprint density at radius 3 is 2.79 bits per heavy atom. The van der Waals surface area contributed by atoms with Crippen LogP contribution in [0.5, 0.6) is 0 Å². The van der Waals surface area contributed by atoms with Crippen molar-refractivity contribution in [1.82, 2.24) is 10.2 Å². The molecule has 0 radical (unpaired) electrons. The zero-order chi connectivity index (χ0) is 9.64. The number of likely N-dealkylation sites (tertiary alicyclic amines) is 1. The Hall–Kier alpha value is -0.570. The lowest BCUT2D eigenvalue weighted by Gasteiger charge is -2.14. The summed E-state index contributed by atoms with van der Waals surface area (Å²) in [5, 5.41) is 3.43. The number of hydrogen-bond acceptors (Lipinski definition) is 3. The molecule has 0 unspecified atom stereocenters. The molecular weight excluding hydrogens is 174 g/mol. The normalized spacial score (nSPS) is 22.7. The van der Waals surface area contributed by atoms with E-state index in [2.05, 4.69) is 15.2 Å². The number of amidine groups is 1. The molecule has 2 heterocycles. The molecule has 14 heavy (non-hydrogen) atoms. The van der Waals surface area contributed by atoms with Crippen LogP contribution in [-0.4, -0.2) is 43.5 Å². The summed E-state index contributed by atoms with van der Waals surface area (Å²) in [6.45, 7) is 6.05. The van der Waals surface area contributed by atoms with E-state index in [-0.39, 0.29) is 0 Å². The van der Waals surface area contributed by atoms with Crippen LogP contribution in [0.1, 0.15) is 32.1 Å². The summed E-state index contributed by atoms with van der Waals surface area (Å²) in [7, 11) is 0. The molecule has 0 aromatic rings. The zero-order valence-corrected chi connectivity index (χ0v) is 8.97. The van der Waals surface area contributed by atoms with Crippen LogP contribution in [0.2, 0.25) is 0 Å². The average Bonchev–Trinajstić information content (AvgIpc) is 2.86. The lowest BCUT2D eigenvalue weighted by Crippen LogP contribution is -2.27. The number of nitrogens with one attached hydrogen (secondary N) is 1. The van der Waals surface area contributed by atoms with Crippen molar-refractivity contribution in [2.24, 2.45) is 4.99 Å². The molecule has 3 heteroatoms. The molecule has 0 aliphatic carbocycles. The minimum absolute atomic E-state index is 1.04. The summed E-state index contributed by atoms with van der Waals surface area (Å²) in [6, 6.07) is 0. The first-order valence-electron chi connectivity index (χ1n) is 5.95. The summed E-state index contributed by atoms with van der Waals surface area (Å²) in [5.74, 6) is 1.24. The molecular formula is C11H21N3. The average molecular weight is 195 g/mol. The molecule has 0 spiro atoms. The minimum Gasteiger partial charge on any atom is -0.374 e. The summed E-state index contributed by atoms with van der Waals surface area (Å²) in [5.41, 5.74) is 0. The Labute approximate surface area is 86.6 Å². The second-order valence-corrected chi connectivity index (χ2v) is 4.26. The highest BCUT2D eigenvalue weighted by Crippen LogP contribution is 2.07. The first-order valence-corrected chi connectivity index (χ1v) is 5.95. The van der Waals surface area contributed by atoms with Gasteiger partial charge >= 0.3 is 0 Å². The summed E-state index contributed by atoms with van der Waals surface area (Å²) in [4.78, 5) is 6.96. The molecule has 2 rings (SSSR count). The van der Waals surface area contributed by atoms with Gasteiger partial charge in [0.25, 0.3) is 0 Å². The van der Waals surface area contributed by atoms with Crippen LogP contribution in [0.3, 0.4) is 0 Å². The van der Waals surface area contributed by atoms with Crippen LogP contribution < -0.4 is 5.32 Å². The van der Waals surface area contributed by atoms with Crippen LogP contribution in [0, 0.1) is 0 Å². The third-order valence-electron chi connectivity index (χ3n) is 3.05.